The third-order valence-corrected chi connectivity index (χ3v) is 7.29. The van der Waals surface area contributed by atoms with Crippen LogP contribution in [0.3, 0.4) is 0 Å². The number of alkyl halides is 2. The maximum atomic E-state index is 11.8. The zero-order valence-corrected chi connectivity index (χ0v) is 11.4. The van der Waals surface area contributed by atoms with Crippen molar-refractivity contribution < 1.29 is 18.3 Å². The first-order valence-electron chi connectivity index (χ1n) is 5.03. The molecule has 0 unspecified atom stereocenters. The number of hydrogen-bond donors (Lipinski definition) is 0. The molecule has 0 fully saturated rings. The van der Waals surface area contributed by atoms with E-state index in [4.69, 9.17) is 0 Å². The second kappa shape index (κ2) is 5.44. The van der Waals surface area contributed by atoms with E-state index >= 15 is 0 Å². The van der Waals surface area contributed by atoms with E-state index in [9.17, 15) is 13.6 Å². The molecular formula is C11H18F2O2Si. The van der Waals surface area contributed by atoms with Crippen LogP contribution in [-0.2, 0) is 9.53 Å². The highest BCUT2D eigenvalue weighted by Crippen LogP contribution is 2.34. The van der Waals surface area contributed by atoms with Crippen molar-refractivity contribution in [2.45, 2.75) is 45.3 Å². The molecule has 92 valence electrons. The largest absolute Gasteiger partial charge is 0.448 e. The topological polar surface area (TPSA) is 26.3 Å². The van der Waals surface area contributed by atoms with Gasteiger partial charge >= 0.3 is 12.4 Å². The number of rotatable bonds is 2. The molecule has 0 saturated heterocycles. The summed E-state index contributed by atoms with van der Waals surface area (Å²) in [6.45, 7) is 10.2. The molecule has 0 radical (unpaired) electrons. The van der Waals surface area contributed by atoms with Gasteiger partial charge in [-0.25, -0.2) is 4.79 Å². The first kappa shape index (κ1) is 15.1. The lowest BCUT2D eigenvalue weighted by Gasteiger charge is -2.31. The van der Waals surface area contributed by atoms with E-state index in [0.717, 1.165) is 0 Å². The first-order valence-corrected chi connectivity index (χ1v) is 8.03. The van der Waals surface area contributed by atoms with Gasteiger partial charge in [0.2, 0.25) is 0 Å². The highest BCUT2D eigenvalue weighted by Gasteiger charge is 2.33. The number of esters is 1. The first-order chi connectivity index (χ1) is 7.08. The predicted octanol–water partition coefficient (Wildman–Crippen LogP) is 2.85. The van der Waals surface area contributed by atoms with E-state index < -0.39 is 20.5 Å². The van der Waals surface area contributed by atoms with Crippen LogP contribution < -0.4 is 0 Å². The Morgan fingerprint density at radius 2 is 1.88 bits per heavy atom. The molecule has 0 atom stereocenters. The van der Waals surface area contributed by atoms with E-state index in [1.54, 1.807) is 0 Å². The summed E-state index contributed by atoms with van der Waals surface area (Å²) < 4.78 is 27.8. The van der Waals surface area contributed by atoms with Crippen LogP contribution >= 0.6 is 0 Å². The van der Waals surface area contributed by atoms with Gasteiger partial charge in [0.05, 0.1) is 0 Å². The monoisotopic (exact) mass is 248 g/mol. The Morgan fingerprint density at radius 1 is 1.38 bits per heavy atom. The van der Waals surface area contributed by atoms with E-state index in [0.29, 0.717) is 0 Å². The Kier molecular flexibility index (Phi) is 5.14. The normalized spacial score (nSPS) is 12.0. The minimum atomic E-state index is -3.07. The number of halogens is 2. The highest BCUT2D eigenvalue weighted by atomic mass is 28.3. The van der Waals surface area contributed by atoms with Gasteiger partial charge in [-0.15, -0.1) is 5.54 Å². The molecule has 0 N–H and O–H groups in total. The van der Waals surface area contributed by atoms with Crippen molar-refractivity contribution in [1.82, 2.24) is 0 Å². The molecule has 0 saturated carbocycles. The van der Waals surface area contributed by atoms with Crippen molar-refractivity contribution in [3.8, 4) is 11.5 Å². The van der Waals surface area contributed by atoms with Crippen LogP contribution in [0.1, 0.15) is 20.8 Å². The molecule has 2 nitrogen and oxygen atoms in total. The molecule has 0 aromatic rings. The highest BCUT2D eigenvalue weighted by molar-refractivity contribution is 6.87. The zero-order chi connectivity index (χ0) is 13.0. The molecule has 0 amide bonds. The average molecular weight is 248 g/mol. The second-order valence-corrected chi connectivity index (χ2v) is 10.1. The smallest absolute Gasteiger partial charge is 0.374 e. The quantitative estimate of drug-likeness (QED) is 0.427. The molecule has 0 aliphatic heterocycles. The lowest BCUT2D eigenvalue weighted by Crippen LogP contribution is -2.35. The minimum absolute atomic E-state index is 0.104. The van der Waals surface area contributed by atoms with Gasteiger partial charge in [0.1, 0.15) is 8.07 Å². The van der Waals surface area contributed by atoms with Crippen molar-refractivity contribution in [1.29, 1.82) is 0 Å². The summed E-state index contributed by atoms with van der Waals surface area (Å²) in [7, 11) is -1.74. The molecule has 0 aliphatic carbocycles. The predicted molar refractivity (Wildman–Crippen MR) is 61.9 cm³/mol. The summed E-state index contributed by atoms with van der Waals surface area (Å²) in [5.41, 5.74) is 3.06. The van der Waals surface area contributed by atoms with Gasteiger partial charge in [-0.2, -0.15) is 8.78 Å². The van der Waals surface area contributed by atoms with Crippen molar-refractivity contribution in [3.63, 3.8) is 0 Å². The molecule has 0 heterocycles. The standard InChI is InChI=1S/C11H18F2O2Si/c1-11(2,3)16(4,5)8-6-7-15-10(14)9(12)13/h9H,7H2,1-5H3. The zero-order valence-electron chi connectivity index (χ0n) is 10.4. The molecule has 0 spiro atoms. The fourth-order valence-electron chi connectivity index (χ4n) is 0.615. The van der Waals surface area contributed by atoms with Gasteiger partial charge in [0, 0.05) is 0 Å². The third-order valence-electron chi connectivity index (χ3n) is 2.74. The van der Waals surface area contributed by atoms with Gasteiger partial charge in [-0.3, -0.25) is 0 Å². The van der Waals surface area contributed by atoms with Crippen molar-refractivity contribution >= 4 is 14.0 Å². The van der Waals surface area contributed by atoms with Gasteiger partial charge < -0.3 is 4.74 Å². The lowest BCUT2D eigenvalue weighted by atomic mass is 10.2. The number of carbonyl (C=O) groups excluding carboxylic acids is 1. The van der Waals surface area contributed by atoms with Crippen LogP contribution in [0.15, 0.2) is 0 Å². The number of ether oxygens (including phenoxy) is 1. The Labute approximate surface area is 96.4 Å². The van der Waals surface area contributed by atoms with E-state index in [1.165, 1.54) is 0 Å². The summed E-state index contributed by atoms with van der Waals surface area (Å²) >= 11 is 0. The van der Waals surface area contributed by atoms with Crippen molar-refractivity contribution in [2.24, 2.45) is 0 Å². The van der Waals surface area contributed by atoms with E-state index in [2.05, 4.69) is 50.1 Å². The minimum Gasteiger partial charge on any atom is -0.448 e. The average Bonchev–Trinajstić information content (AvgIpc) is 2.09. The van der Waals surface area contributed by atoms with Crippen LogP contribution in [0.25, 0.3) is 0 Å². The summed E-state index contributed by atoms with van der Waals surface area (Å²) in [5.74, 6) is 1.14. The summed E-state index contributed by atoms with van der Waals surface area (Å²) in [6, 6.07) is 0. The molecule has 0 rings (SSSR count). The van der Waals surface area contributed by atoms with Gasteiger partial charge in [-0.05, 0) is 5.04 Å². The van der Waals surface area contributed by atoms with Gasteiger partial charge in [0.15, 0.2) is 6.61 Å². The molecule has 5 heteroatoms. The number of carbonyl (C=O) groups is 1. The van der Waals surface area contributed by atoms with Crippen LogP contribution in [0.2, 0.25) is 18.1 Å². The summed E-state index contributed by atoms with van der Waals surface area (Å²) in [5, 5.41) is 0.104. The Bertz CT molecular complexity index is 308. The van der Waals surface area contributed by atoms with Crippen LogP contribution in [0.5, 0.6) is 0 Å². The Morgan fingerprint density at radius 3 is 2.25 bits per heavy atom. The van der Waals surface area contributed by atoms with Crippen molar-refractivity contribution in [2.75, 3.05) is 6.61 Å². The molecule has 0 bridgehead atoms. The van der Waals surface area contributed by atoms with E-state index in [1.807, 2.05) is 0 Å². The lowest BCUT2D eigenvalue weighted by molar-refractivity contribution is -0.154. The van der Waals surface area contributed by atoms with E-state index in [-0.39, 0.29) is 11.6 Å². The molecule has 0 aliphatic rings. The van der Waals surface area contributed by atoms with Gasteiger partial charge in [0.25, 0.3) is 0 Å². The van der Waals surface area contributed by atoms with Crippen LogP contribution in [0, 0.1) is 11.5 Å². The molecule has 0 aromatic heterocycles. The Hall–Kier alpha value is -0.893. The summed E-state index contributed by atoms with van der Waals surface area (Å²) in [6.07, 6.45) is -3.07. The second-order valence-electron chi connectivity index (χ2n) is 5.09. The molecular weight excluding hydrogens is 230 g/mol. The maximum absolute atomic E-state index is 11.8. The number of hydrogen-bond acceptors (Lipinski definition) is 2. The van der Waals surface area contributed by atoms with Crippen LogP contribution in [0.4, 0.5) is 8.78 Å². The molecule has 16 heavy (non-hydrogen) atoms. The maximum Gasteiger partial charge on any atom is 0.374 e. The fraction of sp³-hybridized carbons (Fsp3) is 0.727. The molecule has 0 aromatic carbocycles. The van der Waals surface area contributed by atoms with Gasteiger partial charge in [-0.1, -0.05) is 39.8 Å². The Balaban J connectivity index is 4.28. The van der Waals surface area contributed by atoms with Crippen molar-refractivity contribution in [3.05, 3.63) is 0 Å². The SMILES string of the molecule is CC(C)(C)[Si](C)(C)C#CCOC(=O)C(F)F. The summed E-state index contributed by atoms with van der Waals surface area (Å²) in [4.78, 5) is 10.4. The third kappa shape index (κ3) is 4.75. The van der Waals surface area contributed by atoms with Crippen LogP contribution in [-0.4, -0.2) is 27.1 Å². The fourth-order valence-corrected chi connectivity index (χ4v) is 1.50.